The van der Waals surface area contributed by atoms with Gasteiger partial charge in [-0.15, -0.1) is 0 Å². The van der Waals surface area contributed by atoms with Crippen LogP contribution in [0.4, 0.5) is 18.9 Å². The van der Waals surface area contributed by atoms with Crippen molar-refractivity contribution in [3.05, 3.63) is 29.6 Å². The summed E-state index contributed by atoms with van der Waals surface area (Å²) in [6, 6.07) is 1.44. The number of rotatable bonds is 0. The number of halogens is 3. The summed E-state index contributed by atoms with van der Waals surface area (Å²) in [5, 5.41) is 0. The van der Waals surface area contributed by atoms with Crippen molar-refractivity contribution in [1.29, 1.82) is 0 Å². The normalized spacial score (nSPS) is 8.75. The fourth-order valence-corrected chi connectivity index (χ4v) is 0.575. The van der Waals surface area contributed by atoms with Gasteiger partial charge in [0.2, 0.25) is 0 Å². The number of hydrogen-bond acceptors (Lipinski definition) is 1. The van der Waals surface area contributed by atoms with Crippen molar-refractivity contribution in [3.63, 3.8) is 0 Å². The third kappa shape index (κ3) is 2.45. The molecule has 0 fully saturated rings. The molecule has 0 aromatic heterocycles. The summed E-state index contributed by atoms with van der Waals surface area (Å²) < 4.78 is 36.4. The summed E-state index contributed by atoms with van der Waals surface area (Å²) in [7, 11) is 0. The van der Waals surface area contributed by atoms with E-state index in [-0.39, 0.29) is 5.69 Å². The van der Waals surface area contributed by atoms with Crippen molar-refractivity contribution < 1.29 is 13.2 Å². The molecular weight excluding hydrogens is 167 g/mol. The minimum atomic E-state index is -1.49. The Balaban J connectivity index is 0.000000561. The second-order valence-corrected chi connectivity index (χ2v) is 1.80. The second-order valence-electron chi connectivity index (χ2n) is 1.80. The molecule has 0 saturated heterocycles. The highest BCUT2D eigenvalue weighted by atomic mass is 19.2. The molecule has 0 aliphatic heterocycles. The fraction of sp³-hybridized carbons (Fsp3) is 0.250. The first-order valence-electron chi connectivity index (χ1n) is 3.51. The lowest BCUT2D eigenvalue weighted by molar-refractivity contribution is 0.448. The molecule has 0 saturated carbocycles. The summed E-state index contributed by atoms with van der Waals surface area (Å²) >= 11 is 0. The molecule has 0 amide bonds. The van der Waals surface area contributed by atoms with Crippen LogP contribution >= 0.6 is 0 Å². The zero-order valence-electron chi connectivity index (χ0n) is 6.87. The molecular formula is C8H10F3N. The average molecular weight is 177 g/mol. The largest absolute Gasteiger partial charge is 0.399 e. The number of hydrogen-bond donors (Lipinski definition) is 1. The summed E-state index contributed by atoms with van der Waals surface area (Å²) in [6.07, 6.45) is 0. The Kier molecular flexibility index (Phi) is 4.18. The van der Waals surface area contributed by atoms with Gasteiger partial charge in [0, 0.05) is 17.8 Å². The first kappa shape index (κ1) is 10.8. The van der Waals surface area contributed by atoms with E-state index in [9.17, 15) is 13.2 Å². The van der Waals surface area contributed by atoms with Crippen LogP contribution in [0, 0.1) is 17.5 Å². The van der Waals surface area contributed by atoms with Crippen molar-refractivity contribution in [2.75, 3.05) is 5.73 Å². The molecule has 1 aromatic rings. The quantitative estimate of drug-likeness (QED) is 0.478. The van der Waals surface area contributed by atoms with Crippen molar-refractivity contribution in [2.45, 2.75) is 13.8 Å². The monoisotopic (exact) mass is 177 g/mol. The van der Waals surface area contributed by atoms with Gasteiger partial charge in [0.15, 0.2) is 17.5 Å². The van der Waals surface area contributed by atoms with E-state index in [1.165, 1.54) is 0 Å². The van der Waals surface area contributed by atoms with Gasteiger partial charge in [0.1, 0.15) is 0 Å². The SMILES string of the molecule is CC.Nc1cc(F)c(F)c(F)c1. The van der Waals surface area contributed by atoms with Gasteiger partial charge >= 0.3 is 0 Å². The molecule has 0 unspecified atom stereocenters. The Morgan fingerprint density at radius 1 is 1.00 bits per heavy atom. The first-order chi connectivity index (χ1) is 5.61. The van der Waals surface area contributed by atoms with Crippen LogP contribution in [0.5, 0.6) is 0 Å². The minimum absolute atomic E-state index is 0.128. The molecule has 1 nitrogen and oxygen atoms in total. The zero-order chi connectivity index (χ0) is 9.72. The molecule has 1 aromatic carbocycles. The van der Waals surface area contributed by atoms with Gasteiger partial charge in [0.05, 0.1) is 0 Å². The van der Waals surface area contributed by atoms with Crippen LogP contribution in [-0.2, 0) is 0 Å². The van der Waals surface area contributed by atoms with Crippen LogP contribution in [0.2, 0.25) is 0 Å². The van der Waals surface area contributed by atoms with Crippen molar-refractivity contribution in [3.8, 4) is 0 Å². The topological polar surface area (TPSA) is 26.0 Å². The van der Waals surface area contributed by atoms with Crippen molar-refractivity contribution >= 4 is 5.69 Å². The smallest absolute Gasteiger partial charge is 0.194 e. The van der Waals surface area contributed by atoms with Gasteiger partial charge in [-0.2, -0.15) is 0 Å². The van der Waals surface area contributed by atoms with Crippen LogP contribution in [-0.4, -0.2) is 0 Å². The Hall–Kier alpha value is -1.19. The Morgan fingerprint density at radius 3 is 1.67 bits per heavy atom. The maximum atomic E-state index is 12.1. The van der Waals surface area contributed by atoms with Gasteiger partial charge < -0.3 is 5.73 Å². The highest BCUT2D eigenvalue weighted by Crippen LogP contribution is 2.13. The molecule has 0 aliphatic rings. The van der Waals surface area contributed by atoms with E-state index in [1.807, 2.05) is 13.8 Å². The van der Waals surface area contributed by atoms with E-state index < -0.39 is 17.5 Å². The Labute approximate surface area is 69.0 Å². The van der Waals surface area contributed by atoms with Crippen LogP contribution in [0.25, 0.3) is 0 Å². The number of nitrogens with two attached hydrogens (primary N) is 1. The fourth-order valence-electron chi connectivity index (χ4n) is 0.575. The third-order valence-electron chi connectivity index (χ3n) is 1.01. The second kappa shape index (κ2) is 4.64. The molecule has 0 spiro atoms. The standard InChI is InChI=1S/C6H4F3N.C2H6/c7-4-1-3(10)2-5(8)6(4)9;1-2/h1-2H,10H2;1-2H3. The predicted molar refractivity (Wildman–Crippen MR) is 42.1 cm³/mol. The van der Waals surface area contributed by atoms with Gasteiger partial charge in [-0.3, -0.25) is 0 Å². The number of anilines is 1. The molecule has 12 heavy (non-hydrogen) atoms. The van der Waals surface area contributed by atoms with Crippen LogP contribution in [0.1, 0.15) is 13.8 Å². The Morgan fingerprint density at radius 2 is 1.33 bits per heavy atom. The van der Waals surface area contributed by atoms with E-state index in [0.717, 1.165) is 12.1 Å². The molecule has 0 bridgehead atoms. The lowest BCUT2D eigenvalue weighted by Gasteiger charge is -1.95. The average Bonchev–Trinajstić information content (AvgIpc) is 2.04. The van der Waals surface area contributed by atoms with Crippen LogP contribution < -0.4 is 5.73 Å². The van der Waals surface area contributed by atoms with Crippen molar-refractivity contribution in [2.24, 2.45) is 0 Å². The molecule has 0 heterocycles. The lowest BCUT2D eigenvalue weighted by atomic mass is 10.3. The Bertz CT molecular complexity index is 237. The third-order valence-corrected chi connectivity index (χ3v) is 1.01. The highest BCUT2D eigenvalue weighted by molar-refractivity contribution is 5.38. The van der Waals surface area contributed by atoms with E-state index >= 15 is 0 Å². The predicted octanol–water partition coefficient (Wildman–Crippen LogP) is 2.71. The van der Waals surface area contributed by atoms with E-state index in [1.54, 1.807) is 0 Å². The maximum Gasteiger partial charge on any atom is 0.194 e. The van der Waals surface area contributed by atoms with E-state index in [4.69, 9.17) is 5.73 Å². The molecule has 0 radical (unpaired) electrons. The summed E-state index contributed by atoms with van der Waals surface area (Å²) in [5.74, 6) is -4.02. The van der Waals surface area contributed by atoms with Gasteiger partial charge in [-0.25, -0.2) is 13.2 Å². The van der Waals surface area contributed by atoms with Gasteiger partial charge in [-0.05, 0) is 0 Å². The summed E-state index contributed by atoms with van der Waals surface area (Å²) in [4.78, 5) is 0. The van der Waals surface area contributed by atoms with Crippen molar-refractivity contribution in [1.82, 2.24) is 0 Å². The van der Waals surface area contributed by atoms with Gasteiger partial charge in [-0.1, -0.05) is 13.8 Å². The molecule has 2 N–H and O–H groups in total. The molecule has 1 rings (SSSR count). The summed E-state index contributed by atoms with van der Waals surface area (Å²) in [6.45, 7) is 4.00. The van der Waals surface area contributed by atoms with Gasteiger partial charge in [0.25, 0.3) is 0 Å². The summed E-state index contributed by atoms with van der Waals surface area (Å²) in [5.41, 5.74) is 4.85. The molecule has 0 atom stereocenters. The molecule has 4 heteroatoms. The van der Waals surface area contributed by atoms with E-state index in [2.05, 4.69) is 0 Å². The van der Waals surface area contributed by atoms with Crippen LogP contribution in [0.3, 0.4) is 0 Å². The lowest BCUT2D eigenvalue weighted by Crippen LogP contribution is -1.93. The van der Waals surface area contributed by atoms with Crippen LogP contribution in [0.15, 0.2) is 12.1 Å². The molecule has 0 aliphatic carbocycles. The first-order valence-corrected chi connectivity index (χ1v) is 3.51. The maximum absolute atomic E-state index is 12.1. The zero-order valence-corrected chi connectivity index (χ0v) is 6.87. The highest BCUT2D eigenvalue weighted by Gasteiger charge is 2.07. The van der Waals surface area contributed by atoms with E-state index in [0.29, 0.717) is 0 Å². The number of benzene rings is 1. The minimum Gasteiger partial charge on any atom is -0.399 e. The molecule has 68 valence electrons. The number of nitrogen functional groups attached to an aromatic ring is 1.